The van der Waals surface area contributed by atoms with Crippen molar-refractivity contribution in [3.63, 3.8) is 0 Å². The van der Waals surface area contributed by atoms with Crippen LogP contribution in [-0.4, -0.2) is 87.5 Å². The van der Waals surface area contributed by atoms with Crippen LogP contribution in [0.2, 0.25) is 0 Å². The van der Waals surface area contributed by atoms with Crippen molar-refractivity contribution in [3.05, 3.63) is 122 Å². The van der Waals surface area contributed by atoms with Gasteiger partial charge in [-0.15, -0.1) is 0 Å². The molecule has 9 heteroatoms. The predicted octanol–water partition coefficient (Wildman–Crippen LogP) is 14.0. The number of allylic oxidation sites excluding steroid dienone is 19. The lowest BCUT2D eigenvalue weighted by Crippen LogP contribution is -2.60. The number of hydrogen-bond donors (Lipinski definition) is 6. The minimum Gasteiger partial charge on any atom is -0.394 e. The third-order valence-electron chi connectivity index (χ3n) is 12.5. The summed E-state index contributed by atoms with van der Waals surface area (Å²) in [6, 6.07) is -0.839. The molecule has 0 aromatic carbocycles. The van der Waals surface area contributed by atoms with Crippen molar-refractivity contribution < 1.29 is 39.8 Å². The quantitative estimate of drug-likeness (QED) is 0.0261. The Morgan fingerprint density at radius 2 is 0.887 bits per heavy atom. The standard InChI is InChI=1S/C62H103NO8/c1-3-5-7-9-11-13-15-17-19-21-22-23-24-25-26-27-28-29-30-31-32-33-34-36-38-40-42-44-46-48-50-52-58(66)63-55(54-70-62-61(69)60(68)59(67)57(53-64)71-62)56(65)51-49-47-45-43-41-39-37-35-20-18-16-14-12-10-8-6-4-2/h5,7,11,13,17,19,22-23,25-26,28-29,31-32,34,36,41,43,49,51,55-57,59-62,64-65,67-69H,3-4,6,8-10,12,14-16,18,20-21,24,27,30,33,35,37-40,42,44-48,50,52-54H2,1-2H3,(H,63,66)/b7-5-,13-11-,19-17-,23-22-,26-25-,29-28-,32-31-,36-34-,43-41+,51-49+. The first kappa shape index (κ1) is 65.6. The summed E-state index contributed by atoms with van der Waals surface area (Å²) in [5, 5.41) is 54.4. The van der Waals surface area contributed by atoms with Gasteiger partial charge in [0.1, 0.15) is 24.4 Å². The van der Waals surface area contributed by atoms with Crippen molar-refractivity contribution in [2.75, 3.05) is 13.2 Å². The van der Waals surface area contributed by atoms with Gasteiger partial charge in [-0.25, -0.2) is 0 Å². The van der Waals surface area contributed by atoms with E-state index in [0.29, 0.717) is 6.42 Å². The van der Waals surface area contributed by atoms with Gasteiger partial charge in [-0.1, -0.05) is 225 Å². The van der Waals surface area contributed by atoms with E-state index in [1.807, 2.05) is 6.08 Å². The van der Waals surface area contributed by atoms with Crippen LogP contribution in [0.15, 0.2) is 122 Å². The van der Waals surface area contributed by atoms with E-state index in [1.54, 1.807) is 6.08 Å². The predicted molar refractivity (Wildman–Crippen MR) is 299 cm³/mol. The first-order chi connectivity index (χ1) is 34.8. The van der Waals surface area contributed by atoms with Gasteiger partial charge in [-0.05, 0) is 96.3 Å². The third kappa shape index (κ3) is 39.8. The van der Waals surface area contributed by atoms with Crippen molar-refractivity contribution in [3.8, 4) is 0 Å². The Hall–Kier alpha value is -3.41. The van der Waals surface area contributed by atoms with Gasteiger partial charge in [0, 0.05) is 6.42 Å². The lowest BCUT2D eigenvalue weighted by atomic mass is 9.99. The van der Waals surface area contributed by atoms with Crippen molar-refractivity contribution in [2.45, 2.75) is 249 Å². The molecule has 1 aliphatic rings. The van der Waals surface area contributed by atoms with E-state index in [-0.39, 0.29) is 12.5 Å². The number of rotatable bonds is 46. The minimum atomic E-state index is -1.58. The lowest BCUT2D eigenvalue weighted by molar-refractivity contribution is -0.302. The van der Waals surface area contributed by atoms with Crippen LogP contribution in [0, 0.1) is 0 Å². The van der Waals surface area contributed by atoms with Crippen LogP contribution >= 0.6 is 0 Å². The maximum atomic E-state index is 13.0. The number of carbonyl (C=O) groups excluding carboxylic acids is 1. The molecule has 0 bridgehead atoms. The van der Waals surface area contributed by atoms with Crippen molar-refractivity contribution >= 4 is 5.91 Å². The van der Waals surface area contributed by atoms with Crippen molar-refractivity contribution in [1.82, 2.24) is 5.32 Å². The number of aliphatic hydroxyl groups is 5. The smallest absolute Gasteiger partial charge is 0.220 e. The van der Waals surface area contributed by atoms with E-state index in [0.717, 1.165) is 116 Å². The Morgan fingerprint density at radius 1 is 0.493 bits per heavy atom. The highest BCUT2D eigenvalue weighted by Crippen LogP contribution is 2.22. The molecule has 404 valence electrons. The number of aliphatic hydroxyl groups excluding tert-OH is 5. The second-order valence-electron chi connectivity index (χ2n) is 19.0. The summed E-state index contributed by atoms with van der Waals surface area (Å²) in [6.45, 7) is 3.63. The van der Waals surface area contributed by atoms with Crippen LogP contribution in [0.3, 0.4) is 0 Å². The molecule has 9 nitrogen and oxygen atoms in total. The van der Waals surface area contributed by atoms with E-state index in [4.69, 9.17) is 9.47 Å². The van der Waals surface area contributed by atoms with Crippen molar-refractivity contribution in [2.24, 2.45) is 0 Å². The Morgan fingerprint density at radius 3 is 1.35 bits per heavy atom. The summed E-state index contributed by atoms with van der Waals surface area (Å²) in [5.74, 6) is -0.207. The normalized spacial score (nSPS) is 20.2. The molecule has 6 N–H and O–H groups in total. The second kappa shape index (κ2) is 50.1. The van der Waals surface area contributed by atoms with E-state index in [9.17, 15) is 30.3 Å². The van der Waals surface area contributed by atoms with Gasteiger partial charge >= 0.3 is 0 Å². The molecule has 71 heavy (non-hydrogen) atoms. The van der Waals surface area contributed by atoms with Gasteiger partial charge in [0.15, 0.2) is 6.29 Å². The first-order valence-corrected chi connectivity index (χ1v) is 28.3. The molecule has 0 saturated carbocycles. The zero-order valence-electron chi connectivity index (χ0n) is 44.7. The number of unbranched alkanes of at least 4 members (excludes halogenated alkanes) is 18. The van der Waals surface area contributed by atoms with E-state index in [2.05, 4.69) is 129 Å². The fourth-order valence-corrected chi connectivity index (χ4v) is 8.07. The molecule has 0 spiro atoms. The maximum absolute atomic E-state index is 13.0. The number of carbonyl (C=O) groups is 1. The van der Waals surface area contributed by atoms with Gasteiger partial charge in [0.2, 0.25) is 5.91 Å². The summed E-state index contributed by atoms with van der Waals surface area (Å²) < 4.78 is 11.2. The van der Waals surface area contributed by atoms with Crippen LogP contribution < -0.4 is 5.32 Å². The second-order valence-corrected chi connectivity index (χ2v) is 19.0. The summed E-state index contributed by atoms with van der Waals surface area (Å²) in [4.78, 5) is 13.0. The summed E-state index contributed by atoms with van der Waals surface area (Å²) in [6.07, 6.45) is 68.2. The monoisotopic (exact) mass is 990 g/mol. The van der Waals surface area contributed by atoms with Crippen LogP contribution in [0.5, 0.6) is 0 Å². The molecular formula is C62H103NO8. The van der Waals surface area contributed by atoms with Gasteiger partial charge in [0.25, 0.3) is 0 Å². The number of ether oxygens (including phenoxy) is 2. The summed E-state index contributed by atoms with van der Waals surface area (Å²) in [7, 11) is 0. The number of nitrogens with one attached hydrogen (secondary N) is 1. The Balaban J connectivity index is 2.27. The molecule has 0 aliphatic carbocycles. The molecule has 1 amide bonds. The molecule has 1 rings (SSSR count). The number of hydrogen-bond acceptors (Lipinski definition) is 8. The zero-order chi connectivity index (χ0) is 51.5. The first-order valence-electron chi connectivity index (χ1n) is 28.3. The van der Waals surface area contributed by atoms with Gasteiger partial charge in [-0.2, -0.15) is 0 Å². The molecule has 7 atom stereocenters. The average molecular weight is 991 g/mol. The van der Waals surface area contributed by atoms with Crippen LogP contribution in [-0.2, 0) is 14.3 Å². The maximum Gasteiger partial charge on any atom is 0.220 e. The van der Waals surface area contributed by atoms with Gasteiger partial charge in [-0.3, -0.25) is 4.79 Å². The summed E-state index contributed by atoms with van der Waals surface area (Å²) >= 11 is 0. The lowest BCUT2D eigenvalue weighted by Gasteiger charge is -2.40. The molecule has 7 unspecified atom stereocenters. The Kier molecular flexibility index (Phi) is 46.3. The van der Waals surface area contributed by atoms with E-state index in [1.165, 1.54) is 70.6 Å². The molecule has 0 radical (unpaired) electrons. The SMILES string of the molecule is CC/C=C\C/C=C\C/C=C\C/C=C\C/C=C\C/C=C\C/C=C\C/C=C\CCCCCCCCC(=O)NC(COC1OC(CO)C(O)C(O)C1O)C(O)/C=C/CC/C=C/CCCCCCCCCCCCC. The van der Waals surface area contributed by atoms with Gasteiger partial charge in [0.05, 0.1) is 25.4 Å². The van der Waals surface area contributed by atoms with Crippen LogP contribution in [0.1, 0.15) is 206 Å². The highest BCUT2D eigenvalue weighted by Gasteiger charge is 2.44. The van der Waals surface area contributed by atoms with E-state index >= 15 is 0 Å². The molecule has 1 saturated heterocycles. The Bertz CT molecular complexity index is 1520. The molecule has 1 heterocycles. The number of amides is 1. The molecule has 0 aromatic heterocycles. The fourth-order valence-electron chi connectivity index (χ4n) is 8.07. The molecule has 1 aliphatic heterocycles. The minimum absolute atomic E-state index is 0.207. The van der Waals surface area contributed by atoms with Crippen molar-refractivity contribution in [1.29, 1.82) is 0 Å². The zero-order valence-corrected chi connectivity index (χ0v) is 44.7. The third-order valence-corrected chi connectivity index (χ3v) is 12.5. The largest absolute Gasteiger partial charge is 0.394 e. The Labute approximate surface area is 433 Å². The van der Waals surface area contributed by atoms with Crippen LogP contribution in [0.4, 0.5) is 0 Å². The highest BCUT2D eigenvalue weighted by molar-refractivity contribution is 5.76. The summed E-state index contributed by atoms with van der Waals surface area (Å²) in [5.41, 5.74) is 0. The molecular weight excluding hydrogens is 887 g/mol. The van der Waals surface area contributed by atoms with Gasteiger partial charge < -0.3 is 40.3 Å². The van der Waals surface area contributed by atoms with Crippen LogP contribution in [0.25, 0.3) is 0 Å². The molecule has 1 fully saturated rings. The molecule has 0 aromatic rings. The topological polar surface area (TPSA) is 149 Å². The fraction of sp³-hybridized carbons (Fsp3) is 0.661. The van der Waals surface area contributed by atoms with E-state index < -0.39 is 49.5 Å². The average Bonchev–Trinajstić information content (AvgIpc) is 3.37. The highest BCUT2D eigenvalue weighted by atomic mass is 16.7.